The highest BCUT2D eigenvalue weighted by Gasteiger charge is 2.07. The SMILES string of the molecule is CCCCCCCC/C=C\CCCCCCCCN(c1ccccc1)c1ccccc1. The molecule has 0 unspecified atom stereocenters. The number of rotatable bonds is 18. The average Bonchev–Trinajstić information content (AvgIpc) is 2.82. The number of benzene rings is 2. The van der Waals surface area contributed by atoms with Crippen LogP contribution in [-0.2, 0) is 0 Å². The summed E-state index contributed by atoms with van der Waals surface area (Å²) in [5.41, 5.74) is 2.59. The van der Waals surface area contributed by atoms with Crippen molar-refractivity contribution in [2.24, 2.45) is 0 Å². The summed E-state index contributed by atoms with van der Waals surface area (Å²) in [4.78, 5) is 2.45. The van der Waals surface area contributed by atoms with Crippen LogP contribution in [0.25, 0.3) is 0 Å². The Kier molecular flexibility index (Phi) is 14.4. The molecule has 0 amide bonds. The third-order valence-corrected chi connectivity index (χ3v) is 6.03. The molecule has 2 aromatic rings. The molecule has 0 spiro atoms. The van der Waals surface area contributed by atoms with Gasteiger partial charge in [0.1, 0.15) is 0 Å². The van der Waals surface area contributed by atoms with Gasteiger partial charge in [-0.15, -0.1) is 0 Å². The number of hydrogen-bond donors (Lipinski definition) is 0. The first kappa shape index (κ1) is 25.2. The van der Waals surface area contributed by atoms with Crippen LogP contribution in [0.1, 0.15) is 96.8 Å². The van der Waals surface area contributed by atoms with Crippen molar-refractivity contribution in [3.8, 4) is 0 Å². The van der Waals surface area contributed by atoms with Gasteiger partial charge in [0.15, 0.2) is 0 Å². The molecule has 2 rings (SSSR count). The minimum absolute atomic E-state index is 1.09. The zero-order chi connectivity index (χ0) is 21.8. The third-order valence-electron chi connectivity index (χ3n) is 6.03. The molecule has 0 fully saturated rings. The van der Waals surface area contributed by atoms with Gasteiger partial charge in [0.25, 0.3) is 0 Å². The van der Waals surface area contributed by atoms with Crippen molar-refractivity contribution in [3.63, 3.8) is 0 Å². The van der Waals surface area contributed by atoms with Gasteiger partial charge in [-0.1, -0.05) is 113 Å². The summed E-state index contributed by atoms with van der Waals surface area (Å²) < 4.78 is 0. The standard InChI is InChI=1S/C30H45N/c1-2-3-4-5-6-7-8-9-10-11-12-13-14-15-16-23-28-31(29-24-19-17-20-25-29)30-26-21-18-22-27-30/h9-10,17-22,24-27H,2-8,11-16,23,28H2,1H3/b10-9-. The highest BCUT2D eigenvalue weighted by molar-refractivity contribution is 5.62. The van der Waals surface area contributed by atoms with Crippen molar-refractivity contribution in [3.05, 3.63) is 72.8 Å². The summed E-state index contributed by atoms with van der Waals surface area (Å²) >= 11 is 0. The van der Waals surface area contributed by atoms with E-state index in [9.17, 15) is 0 Å². The average molecular weight is 420 g/mol. The van der Waals surface area contributed by atoms with Crippen molar-refractivity contribution >= 4 is 11.4 Å². The van der Waals surface area contributed by atoms with Gasteiger partial charge in [-0.05, 0) is 56.4 Å². The van der Waals surface area contributed by atoms with Crippen LogP contribution in [0.5, 0.6) is 0 Å². The molecule has 1 nitrogen and oxygen atoms in total. The fraction of sp³-hybridized carbons (Fsp3) is 0.533. The van der Waals surface area contributed by atoms with E-state index in [0.717, 1.165) is 6.54 Å². The van der Waals surface area contributed by atoms with Crippen LogP contribution in [-0.4, -0.2) is 6.54 Å². The van der Waals surface area contributed by atoms with Crippen LogP contribution in [0.3, 0.4) is 0 Å². The minimum Gasteiger partial charge on any atom is -0.341 e. The molecule has 0 heterocycles. The van der Waals surface area contributed by atoms with Gasteiger partial charge in [0.2, 0.25) is 0 Å². The fourth-order valence-electron chi connectivity index (χ4n) is 4.14. The number of nitrogens with zero attached hydrogens (tertiary/aromatic N) is 1. The Bertz CT molecular complexity index is 622. The molecular weight excluding hydrogens is 374 g/mol. The molecule has 0 N–H and O–H groups in total. The van der Waals surface area contributed by atoms with Crippen LogP contribution < -0.4 is 4.90 Å². The Morgan fingerprint density at radius 1 is 0.516 bits per heavy atom. The molecular formula is C30H45N. The lowest BCUT2D eigenvalue weighted by Gasteiger charge is -2.25. The first-order valence-corrected chi connectivity index (χ1v) is 12.9. The summed E-state index contributed by atoms with van der Waals surface area (Å²) in [6.45, 7) is 3.38. The van der Waals surface area contributed by atoms with Gasteiger partial charge < -0.3 is 4.90 Å². The van der Waals surface area contributed by atoms with Crippen LogP contribution in [0.15, 0.2) is 72.8 Å². The summed E-state index contributed by atoms with van der Waals surface area (Å²) in [6, 6.07) is 21.6. The Morgan fingerprint density at radius 2 is 0.935 bits per heavy atom. The number of para-hydroxylation sites is 2. The Morgan fingerprint density at radius 3 is 1.42 bits per heavy atom. The van der Waals surface area contributed by atoms with E-state index in [4.69, 9.17) is 0 Å². The largest absolute Gasteiger partial charge is 0.341 e. The van der Waals surface area contributed by atoms with E-state index >= 15 is 0 Å². The molecule has 0 radical (unpaired) electrons. The van der Waals surface area contributed by atoms with Gasteiger partial charge in [-0.2, -0.15) is 0 Å². The van der Waals surface area contributed by atoms with Crippen LogP contribution in [0, 0.1) is 0 Å². The molecule has 0 saturated carbocycles. The lowest BCUT2D eigenvalue weighted by Crippen LogP contribution is -2.18. The van der Waals surface area contributed by atoms with Crippen molar-refractivity contribution in [1.29, 1.82) is 0 Å². The maximum absolute atomic E-state index is 2.45. The number of allylic oxidation sites excluding steroid dienone is 2. The first-order chi connectivity index (χ1) is 15.4. The highest BCUT2D eigenvalue weighted by atomic mass is 15.1. The number of anilines is 2. The van der Waals surface area contributed by atoms with E-state index < -0.39 is 0 Å². The van der Waals surface area contributed by atoms with E-state index in [1.807, 2.05) is 0 Å². The van der Waals surface area contributed by atoms with Gasteiger partial charge in [-0.25, -0.2) is 0 Å². The zero-order valence-corrected chi connectivity index (χ0v) is 20.0. The number of unbranched alkanes of at least 4 members (excludes halogenated alkanes) is 12. The van der Waals surface area contributed by atoms with Gasteiger partial charge in [0, 0.05) is 17.9 Å². The second kappa shape index (κ2) is 17.6. The predicted octanol–water partition coefficient (Wildman–Crippen LogP) is 9.86. The van der Waals surface area contributed by atoms with E-state index in [0.29, 0.717) is 0 Å². The monoisotopic (exact) mass is 419 g/mol. The first-order valence-electron chi connectivity index (χ1n) is 12.9. The second-order valence-electron chi connectivity index (χ2n) is 8.76. The van der Waals surface area contributed by atoms with Gasteiger partial charge in [-0.3, -0.25) is 0 Å². The third kappa shape index (κ3) is 11.8. The van der Waals surface area contributed by atoms with Crippen molar-refractivity contribution in [2.75, 3.05) is 11.4 Å². The molecule has 170 valence electrons. The summed E-state index contributed by atoms with van der Waals surface area (Å²) in [6.07, 6.45) is 23.8. The summed E-state index contributed by atoms with van der Waals surface area (Å²) in [7, 11) is 0. The Balaban J connectivity index is 1.50. The smallest absolute Gasteiger partial charge is 0.0410 e. The lowest BCUT2D eigenvalue weighted by atomic mass is 10.1. The summed E-state index contributed by atoms with van der Waals surface area (Å²) in [5, 5.41) is 0. The lowest BCUT2D eigenvalue weighted by molar-refractivity contribution is 0.597. The molecule has 0 bridgehead atoms. The topological polar surface area (TPSA) is 3.24 Å². The molecule has 0 saturated heterocycles. The molecule has 0 aliphatic rings. The molecule has 1 heteroatoms. The second-order valence-corrected chi connectivity index (χ2v) is 8.76. The Hall–Kier alpha value is -2.02. The molecule has 0 aliphatic heterocycles. The predicted molar refractivity (Wildman–Crippen MR) is 139 cm³/mol. The fourth-order valence-corrected chi connectivity index (χ4v) is 4.14. The molecule has 0 aliphatic carbocycles. The van der Waals surface area contributed by atoms with Crippen molar-refractivity contribution < 1.29 is 0 Å². The minimum atomic E-state index is 1.09. The van der Waals surface area contributed by atoms with Gasteiger partial charge in [0.05, 0.1) is 0 Å². The molecule has 31 heavy (non-hydrogen) atoms. The number of hydrogen-bond acceptors (Lipinski definition) is 1. The molecule has 0 atom stereocenters. The van der Waals surface area contributed by atoms with E-state index in [1.54, 1.807) is 0 Å². The van der Waals surface area contributed by atoms with Gasteiger partial charge >= 0.3 is 0 Å². The van der Waals surface area contributed by atoms with Crippen LogP contribution in [0.4, 0.5) is 11.4 Å². The maximum Gasteiger partial charge on any atom is 0.0410 e. The highest BCUT2D eigenvalue weighted by Crippen LogP contribution is 2.25. The Labute approximate surface area is 192 Å². The maximum atomic E-state index is 2.45. The van der Waals surface area contributed by atoms with E-state index in [2.05, 4.69) is 84.6 Å². The quantitative estimate of drug-likeness (QED) is 0.172. The normalized spacial score (nSPS) is 11.3. The van der Waals surface area contributed by atoms with E-state index in [1.165, 1.54) is 101 Å². The molecule has 2 aromatic carbocycles. The molecule has 0 aromatic heterocycles. The van der Waals surface area contributed by atoms with Crippen LogP contribution in [0.2, 0.25) is 0 Å². The zero-order valence-electron chi connectivity index (χ0n) is 20.0. The summed E-state index contributed by atoms with van der Waals surface area (Å²) in [5.74, 6) is 0. The van der Waals surface area contributed by atoms with Crippen molar-refractivity contribution in [1.82, 2.24) is 0 Å². The van der Waals surface area contributed by atoms with Crippen molar-refractivity contribution in [2.45, 2.75) is 96.8 Å². The van der Waals surface area contributed by atoms with Crippen LogP contribution >= 0.6 is 0 Å². The van der Waals surface area contributed by atoms with E-state index in [-0.39, 0.29) is 0 Å².